The van der Waals surface area contributed by atoms with Gasteiger partial charge in [0.15, 0.2) is 5.65 Å². The molecule has 1 N–H and O–H groups in total. The Morgan fingerprint density at radius 2 is 1.80 bits per heavy atom. The molecule has 1 aromatic carbocycles. The van der Waals surface area contributed by atoms with E-state index in [-0.39, 0.29) is 35.7 Å². The predicted molar refractivity (Wildman–Crippen MR) is 161 cm³/mol. The van der Waals surface area contributed by atoms with E-state index in [1.165, 1.54) is 40.3 Å². The highest BCUT2D eigenvalue weighted by atomic mass is 32.2. The lowest BCUT2D eigenvalue weighted by Crippen LogP contribution is -2.41. The molecule has 0 atom stereocenters. The van der Waals surface area contributed by atoms with Crippen molar-refractivity contribution in [2.45, 2.75) is 37.3 Å². The molecule has 6 rings (SSSR count). The molecule has 14 nitrogen and oxygen atoms in total. The zero-order chi connectivity index (χ0) is 31.6. The summed E-state index contributed by atoms with van der Waals surface area (Å²) in [6, 6.07) is 9.83. The van der Waals surface area contributed by atoms with Crippen molar-refractivity contribution in [3.05, 3.63) is 73.6 Å². The number of aromatic nitrogens is 6. The molecular formula is C30H29N7O7S. The van der Waals surface area contributed by atoms with E-state index in [1.807, 2.05) is 0 Å². The number of pyridine rings is 1. The molecule has 15 heteroatoms. The largest absolute Gasteiger partial charge is 0.473 e. The average Bonchev–Trinajstić information content (AvgIpc) is 3.67. The zero-order valence-electron chi connectivity index (χ0n) is 24.2. The number of esters is 1. The molecular weight excluding hydrogens is 602 g/mol. The van der Waals surface area contributed by atoms with Crippen LogP contribution in [0.15, 0.2) is 78.5 Å². The zero-order valence-corrected chi connectivity index (χ0v) is 25.0. The number of piperidine rings is 1. The van der Waals surface area contributed by atoms with Crippen molar-refractivity contribution in [2.24, 2.45) is 0 Å². The fraction of sp³-hybridized carbons (Fsp3) is 0.267. The van der Waals surface area contributed by atoms with Gasteiger partial charge in [0.1, 0.15) is 12.6 Å². The number of amides is 1. The van der Waals surface area contributed by atoms with Crippen LogP contribution in [0, 0.1) is 0 Å². The van der Waals surface area contributed by atoms with Crippen molar-refractivity contribution in [3.63, 3.8) is 0 Å². The minimum atomic E-state index is -4.04. The molecule has 1 aliphatic rings. The van der Waals surface area contributed by atoms with Gasteiger partial charge in [-0.05, 0) is 25.1 Å². The normalized spacial score (nSPS) is 14.0. The maximum absolute atomic E-state index is 13.8. The van der Waals surface area contributed by atoms with E-state index in [0.29, 0.717) is 53.7 Å². The van der Waals surface area contributed by atoms with Crippen LogP contribution in [0.4, 0.5) is 4.79 Å². The third-order valence-corrected chi connectivity index (χ3v) is 9.03. The minimum absolute atomic E-state index is 0.0574. The van der Waals surface area contributed by atoms with E-state index < -0.39 is 22.1 Å². The number of ether oxygens (including phenoxy) is 2. The van der Waals surface area contributed by atoms with Gasteiger partial charge in [-0.2, -0.15) is 5.10 Å². The molecule has 5 heterocycles. The number of benzene rings is 1. The van der Waals surface area contributed by atoms with E-state index in [1.54, 1.807) is 49.8 Å². The average molecular weight is 632 g/mol. The van der Waals surface area contributed by atoms with Crippen LogP contribution in [0.5, 0.6) is 5.88 Å². The third kappa shape index (κ3) is 6.20. The quantitative estimate of drug-likeness (QED) is 0.235. The fourth-order valence-electron chi connectivity index (χ4n) is 5.14. The first kappa shape index (κ1) is 29.7. The lowest BCUT2D eigenvalue weighted by atomic mass is 10.1. The summed E-state index contributed by atoms with van der Waals surface area (Å²) < 4.78 is 41.2. The molecule has 5 aromatic rings. The number of fused-ring (bicyclic) bond motifs is 1. The van der Waals surface area contributed by atoms with Gasteiger partial charge in [-0.25, -0.2) is 27.2 Å². The maximum Gasteiger partial charge on any atom is 0.407 e. The maximum atomic E-state index is 13.8. The smallest absolute Gasteiger partial charge is 0.407 e. The van der Waals surface area contributed by atoms with Crippen LogP contribution >= 0.6 is 0 Å². The number of carbonyl (C=O) groups is 2. The summed E-state index contributed by atoms with van der Waals surface area (Å²) in [7, 11) is -4.04. The van der Waals surface area contributed by atoms with Gasteiger partial charge in [-0.3, -0.25) is 14.5 Å². The summed E-state index contributed by atoms with van der Waals surface area (Å²) >= 11 is 0. The molecule has 1 saturated heterocycles. The monoisotopic (exact) mass is 631 g/mol. The van der Waals surface area contributed by atoms with Crippen molar-refractivity contribution in [2.75, 3.05) is 19.7 Å². The topological polar surface area (TPSA) is 172 Å². The molecule has 1 aliphatic heterocycles. The van der Waals surface area contributed by atoms with Crippen molar-refractivity contribution < 1.29 is 32.6 Å². The number of rotatable bonds is 9. The van der Waals surface area contributed by atoms with Gasteiger partial charge in [0.05, 0.1) is 35.8 Å². The number of hydrogen-bond acceptors (Lipinski definition) is 10. The van der Waals surface area contributed by atoms with Gasteiger partial charge < -0.3 is 19.5 Å². The Morgan fingerprint density at radius 1 is 1.02 bits per heavy atom. The number of carbonyl (C=O) groups excluding carboxylic acids is 1. The summed E-state index contributed by atoms with van der Waals surface area (Å²) in [5.41, 5.74) is 2.30. The summed E-state index contributed by atoms with van der Waals surface area (Å²) in [5, 5.41) is 14.0. The van der Waals surface area contributed by atoms with Gasteiger partial charge >= 0.3 is 12.1 Å². The second-order valence-corrected chi connectivity index (χ2v) is 12.1. The van der Waals surface area contributed by atoms with Crippen molar-refractivity contribution in [3.8, 4) is 28.3 Å². The molecule has 0 bridgehead atoms. The number of carboxylic acid groups (broad SMARTS) is 1. The number of likely N-dealkylation sites (tertiary alicyclic amines) is 1. The van der Waals surface area contributed by atoms with Gasteiger partial charge in [-0.1, -0.05) is 18.2 Å². The van der Waals surface area contributed by atoms with Crippen molar-refractivity contribution >= 4 is 33.1 Å². The Kier molecular flexibility index (Phi) is 8.17. The Labute approximate surface area is 257 Å². The van der Waals surface area contributed by atoms with Crippen molar-refractivity contribution in [1.29, 1.82) is 0 Å². The predicted octanol–water partition coefficient (Wildman–Crippen LogP) is 3.68. The molecule has 1 fully saturated rings. The first-order valence-electron chi connectivity index (χ1n) is 14.2. The summed E-state index contributed by atoms with van der Waals surface area (Å²) in [6.07, 6.45) is 9.06. The van der Waals surface area contributed by atoms with E-state index in [9.17, 15) is 23.1 Å². The highest BCUT2D eigenvalue weighted by Gasteiger charge is 2.26. The Morgan fingerprint density at radius 3 is 2.53 bits per heavy atom. The van der Waals surface area contributed by atoms with Crippen LogP contribution in [0.25, 0.3) is 33.4 Å². The summed E-state index contributed by atoms with van der Waals surface area (Å²) in [4.78, 5) is 38.1. The first-order chi connectivity index (χ1) is 21.7. The van der Waals surface area contributed by atoms with Crippen LogP contribution in [-0.4, -0.2) is 85.0 Å². The molecule has 0 saturated carbocycles. The lowest BCUT2D eigenvalue weighted by molar-refractivity contribution is -0.144. The van der Waals surface area contributed by atoms with Crippen LogP contribution in [0.1, 0.15) is 19.8 Å². The van der Waals surface area contributed by atoms with E-state index in [0.717, 1.165) is 3.97 Å². The van der Waals surface area contributed by atoms with Gasteiger partial charge in [0, 0.05) is 66.6 Å². The van der Waals surface area contributed by atoms with Crippen LogP contribution in [0.2, 0.25) is 0 Å². The Bertz CT molecular complexity index is 1970. The standard InChI is InChI=1S/C30H29N7O7S/c1-2-43-28(38)19-36-17-21(14-33-36)20-12-24-25(18-37(29(24)32-13-20)45(41,42)23-6-4-3-5-7-23)26-15-31-16-27(34-26)44-22-8-10-35(11-9-22)30(39)40/h3-7,12-18,22H,2,8-11,19H2,1H3,(H,39,40). The van der Waals surface area contributed by atoms with Gasteiger partial charge in [0.2, 0.25) is 5.88 Å². The lowest BCUT2D eigenvalue weighted by Gasteiger charge is -2.29. The molecule has 0 radical (unpaired) electrons. The van der Waals surface area contributed by atoms with E-state index >= 15 is 0 Å². The molecule has 0 unspecified atom stereocenters. The van der Waals surface area contributed by atoms with Crippen LogP contribution < -0.4 is 4.74 Å². The Balaban J connectivity index is 1.39. The van der Waals surface area contributed by atoms with Crippen molar-refractivity contribution in [1.82, 2.24) is 33.6 Å². The first-order valence-corrected chi connectivity index (χ1v) is 15.6. The Hall–Kier alpha value is -5.31. The van der Waals surface area contributed by atoms with Gasteiger partial charge in [-0.15, -0.1) is 0 Å². The van der Waals surface area contributed by atoms with E-state index in [2.05, 4.69) is 20.1 Å². The third-order valence-electron chi connectivity index (χ3n) is 7.36. The van der Waals surface area contributed by atoms with Gasteiger partial charge in [0.25, 0.3) is 10.0 Å². The fourth-order valence-corrected chi connectivity index (χ4v) is 6.48. The van der Waals surface area contributed by atoms with E-state index in [4.69, 9.17) is 9.47 Å². The molecule has 232 valence electrons. The molecule has 45 heavy (non-hydrogen) atoms. The number of nitrogens with zero attached hydrogens (tertiary/aromatic N) is 7. The second kappa shape index (κ2) is 12.4. The minimum Gasteiger partial charge on any atom is -0.473 e. The SMILES string of the molecule is CCOC(=O)Cn1cc(-c2cnc3c(c2)c(-c2cncc(OC4CCN(C(=O)O)CC4)n2)cn3S(=O)(=O)c2ccccc2)cn1. The molecule has 0 aliphatic carbocycles. The molecule has 0 spiro atoms. The highest BCUT2D eigenvalue weighted by molar-refractivity contribution is 7.90. The molecule has 4 aromatic heterocycles. The molecule has 1 amide bonds. The summed E-state index contributed by atoms with van der Waals surface area (Å²) in [5.74, 6) is -0.184. The highest BCUT2D eigenvalue weighted by Crippen LogP contribution is 2.34. The summed E-state index contributed by atoms with van der Waals surface area (Å²) in [6.45, 7) is 2.63. The second-order valence-electron chi connectivity index (χ2n) is 10.3. The van der Waals surface area contributed by atoms with Crippen LogP contribution in [-0.2, 0) is 26.1 Å². The number of hydrogen-bond donors (Lipinski definition) is 1. The van der Waals surface area contributed by atoms with Crippen LogP contribution in [0.3, 0.4) is 0 Å².